The number of thiophene rings is 1. The van der Waals surface area contributed by atoms with Gasteiger partial charge in [0.2, 0.25) is 0 Å². The van der Waals surface area contributed by atoms with Crippen molar-refractivity contribution in [3.63, 3.8) is 0 Å². The molecule has 2 nitrogen and oxygen atoms in total. The predicted octanol–water partition coefficient (Wildman–Crippen LogP) is 2.89. The van der Waals surface area contributed by atoms with Gasteiger partial charge in [-0.15, -0.1) is 16.2 Å². The van der Waals surface area contributed by atoms with E-state index in [-0.39, 0.29) is 21.7 Å². The van der Waals surface area contributed by atoms with E-state index in [1.807, 2.05) is 0 Å². The van der Waals surface area contributed by atoms with Crippen LogP contribution in [-0.4, -0.2) is 13.1 Å². The number of methoxy groups -OCH3 is 1. The van der Waals surface area contributed by atoms with E-state index in [4.69, 9.17) is 10.4 Å². The number of hydrogen-bond acceptors (Lipinski definition) is 4. The molecule has 0 saturated heterocycles. The summed E-state index contributed by atoms with van der Waals surface area (Å²) in [5, 5.41) is 0. The first kappa shape index (κ1) is 11.1. The molecule has 17 heavy (non-hydrogen) atoms. The van der Waals surface area contributed by atoms with Crippen molar-refractivity contribution in [1.29, 1.82) is 0 Å². The topological polar surface area (TPSA) is 26.3 Å². The van der Waals surface area contributed by atoms with Crippen molar-refractivity contribution in [3.8, 4) is 5.69 Å². The Morgan fingerprint density at radius 3 is 2.82 bits per heavy atom. The number of rotatable bonds is 2. The van der Waals surface area contributed by atoms with E-state index >= 15 is 0 Å². The fourth-order valence-electron chi connectivity index (χ4n) is 2.19. The number of ether oxygens (including phenoxy) is 1. The Hall–Kier alpha value is -0.960. The Labute approximate surface area is 107 Å². The van der Waals surface area contributed by atoms with Gasteiger partial charge >= 0.3 is 5.97 Å². The van der Waals surface area contributed by atoms with Crippen molar-refractivity contribution in [3.05, 3.63) is 20.7 Å². The fourth-order valence-corrected chi connectivity index (χ4v) is 5.14. The maximum absolute atomic E-state index is 11.8. The average Bonchev–Trinajstić information content (AvgIpc) is 2.96. The average molecular weight is 265 g/mol. The minimum Gasteiger partial charge on any atom is -0.468 e. The molecule has 2 aliphatic rings. The number of fused-ring (bicyclic) bond motifs is 1. The number of esters is 1. The molecule has 0 aromatic carbocycles. The smallest absolute Gasteiger partial charge is 0.317 e. The summed E-state index contributed by atoms with van der Waals surface area (Å²) < 4.78 is 4.90. The van der Waals surface area contributed by atoms with E-state index in [1.165, 1.54) is 21.8 Å². The summed E-state index contributed by atoms with van der Waals surface area (Å²) in [6.45, 7) is 2.06. The van der Waals surface area contributed by atoms with Crippen LogP contribution in [0.3, 0.4) is 0 Å². The van der Waals surface area contributed by atoms with Crippen LogP contribution in [0.4, 0.5) is 0 Å². The van der Waals surface area contributed by atoms with Gasteiger partial charge in [-0.2, -0.15) is 4.91 Å². The highest BCUT2D eigenvalue weighted by atomic mass is 32.2. The van der Waals surface area contributed by atoms with Crippen LogP contribution in [0, 0.1) is 5.69 Å². The van der Waals surface area contributed by atoms with Crippen LogP contribution in [0.2, 0.25) is 0 Å². The van der Waals surface area contributed by atoms with Gasteiger partial charge in [0.05, 0.1) is 7.11 Å². The van der Waals surface area contributed by atoms with Gasteiger partial charge in [0.1, 0.15) is 5.41 Å². The van der Waals surface area contributed by atoms with Crippen LogP contribution in [0.1, 0.15) is 29.5 Å². The van der Waals surface area contributed by atoms with Crippen molar-refractivity contribution >= 4 is 33.7 Å². The van der Waals surface area contributed by atoms with Gasteiger partial charge in [-0.3, -0.25) is 4.79 Å². The Balaban J connectivity index is 2.04. The summed E-state index contributed by atoms with van der Waals surface area (Å²) in [7, 11) is 1.19. The van der Waals surface area contributed by atoms with Crippen molar-refractivity contribution in [2.24, 2.45) is 0 Å². The molecule has 1 aromatic heterocycles. The minimum absolute atomic E-state index is 0.102. The molecule has 1 saturated carbocycles. The monoisotopic (exact) mass is 265 g/mol. The Morgan fingerprint density at radius 2 is 2.29 bits per heavy atom. The van der Waals surface area contributed by atoms with E-state index in [0.717, 1.165) is 17.7 Å². The summed E-state index contributed by atoms with van der Waals surface area (Å²) in [4.78, 5) is 16.6. The lowest BCUT2D eigenvalue weighted by molar-refractivity contribution is -0.143. The molecular weight excluding hydrogens is 252 g/mol. The summed E-state index contributed by atoms with van der Waals surface area (Å²) in [6.07, 6.45) is 3.94. The van der Waals surface area contributed by atoms with Crippen LogP contribution >= 0.6 is 11.3 Å². The highest BCUT2D eigenvalue weighted by molar-refractivity contribution is 7.91. The molecule has 0 unspecified atom stereocenters. The molecule has 90 valence electrons. The molecule has 0 N–H and O–H groups in total. The highest BCUT2D eigenvalue weighted by Gasteiger charge is 2.53. The molecule has 1 fully saturated rings. The first-order valence-electron chi connectivity index (χ1n) is 5.48. The molecule has 4 heteroatoms. The number of allylic oxidation sites excluding steroid dienone is 1. The van der Waals surface area contributed by atoms with Crippen LogP contribution in [0.25, 0.3) is 6.08 Å². The summed E-state index contributed by atoms with van der Waals surface area (Å²) in [5.41, 5.74) is 5.77. The normalized spacial score (nSPS) is 20.9. The van der Waals surface area contributed by atoms with Crippen LogP contribution < -0.4 is 0 Å². The van der Waals surface area contributed by atoms with Gasteiger partial charge in [0.15, 0.2) is 0 Å². The summed E-state index contributed by atoms with van der Waals surface area (Å²) in [6, 6.07) is 2.11. The zero-order valence-corrected chi connectivity index (χ0v) is 11.4. The quantitative estimate of drug-likeness (QED) is 0.607. The first-order chi connectivity index (χ1) is 8.08. The third-order valence-corrected chi connectivity index (χ3v) is 6.48. The van der Waals surface area contributed by atoms with Gasteiger partial charge in [-0.05, 0) is 12.8 Å². The second-order valence-corrected chi connectivity index (χ2v) is 7.35. The lowest BCUT2D eigenvalue weighted by Crippen LogP contribution is -2.20. The highest BCUT2D eigenvalue weighted by Crippen LogP contribution is 2.53. The van der Waals surface area contributed by atoms with Gasteiger partial charge in [0, 0.05) is 9.75 Å². The van der Waals surface area contributed by atoms with E-state index in [9.17, 15) is 4.79 Å². The molecule has 0 atom stereocenters. The van der Waals surface area contributed by atoms with Crippen molar-refractivity contribution in [2.45, 2.75) is 30.1 Å². The van der Waals surface area contributed by atoms with Gasteiger partial charge in [-0.25, -0.2) is 0 Å². The molecule has 2 heterocycles. The number of carbonyl (C=O) groups is 1. The molecular formula is C13H13O2S2-. The van der Waals surface area contributed by atoms with E-state index in [0.29, 0.717) is 0 Å². The molecule has 0 amide bonds. The fraction of sp³-hybridized carbons (Fsp3) is 0.385. The van der Waals surface area contributed by atoms with Crippen LogP contribution in [0.5, 0.6) is 0 Å². The van der Waals surface area contributed by atoms with Gasteiger partial charge < -0.3 is 20.7 Å². The molecule has 0 radical (unpaired) electrons. The first-order valence-corrected chi connectivity index (χ1v) is 7.58. The lowest BCUT2D eigenvalue weighted by atomic mass is 10.1. The van der Waals surface area contributed by atoms with E-state index in [1.54, 1.807) is 11.3 Å². The molecule has 0 bridgehead atoms. The number of hydrogen-bond donors (Lipinski definition) is 0. The van der Waals surface area contributed by atoms with Crippen molar-refractivity contribution in [2.75, 3.05) is 7.11 Å². The summed E-state index contributed by atoms with van der Waals surface area (Å²) in [5.74, 6) is -0.102. The minimum atomic E-state index is -0.351. The molecule has 1 aromatic rings. The lowest BCUT2D eigenvalue weighted by Gasteiger charge is -2.13. The van der Waals surface area contributed by atoms with Crippen molar-refractivity contribution < 1.29 is 9.53 Å². The summed E-state index contributed by atoms with van der Waals surface area (Å²) >= 11 is 1.69. The Kier molecular flexibility index (Phi) is 2.31. The maximum atomic E-state index is 11.8. The third kappa shape index (κ3) is 1.45. The second-order valence-electron chi connectivity index (χ2n) is 4.51. The Morgan fingerprint density at radius 1 is 1.59 bits per heavy atom. The molecule has 1 aliphatic heterocycles. The van der Waals surface area contributed by atoms with E-state index < -0.39 is 0 Å². The standard InChI is InChI=1S/C13H13O2S2/c1-8-6-9-10(17(8)3)7-11(16-9)13(4-5-13)12(14)15-2/h3,6-7H,4-5H2,1-2H3/q-1. The largest absolute Gasteiger partial charge is 0.468 e. The van der Waals surface area contributed by atoms with E-state index in [2.05, 4.69) is 19.1 Å². The molecule has 1 aliphatic carbocycles. The van der Waals surface area contributed by atoms with Gasteiger partial charge in [0.25, 0.3) is 0 Å². The predicted molar refractivity (Wildman–Crippen MR) is 71.5 cm³/mol. The maximum Gasteiger partial charge on any atom is 0.317 e. The number of carbonyl (C=O) groups excluding carboxylic acids is 1. The Bertz CT molecular complexity index is 609. The van der Waals surface area contributed by atoms with Gasteiger partial charge in [-0.1, -0.05) is 19.1 Å². The van der Waals surface area contributed by atoms with Crippen LogP contribution in [-0.2, 0) is 25.2 Å². The van der Waals surface area contributed by atoms with Crippen LogP contribution in [0.15, 0.2) is 15.9 Å². The molecule has 3 rings (SSSR count). The second kappa shape index (κ2) is 3.52. The zero-order chi connectivity index (χ0) is 12.2. The zero-order valence-electron chi connectivity index (χ0n) is 9.78. The molecule has 0 spiro atoms. The third-order valence-electron chi connectivity index (χ3n) is 3.44. The van der Waals surface area contributed by atoms with Crippen molar-refractivity contribution in [1.82, 2.24) is 0 Å². The SMILES string of the molecule is C#[S-]1C(C)=Cc2sc(C3(C(=O)OC)CC3)cc21.